The molecule has 0 aliphatic carbocycles. The molecule has 0 aromatic heterocycles. The van der Waals surface area contributed by atoms with Gasteiger partial charge in [-0.15, -0.1) is 0 Å². The van der Waals surface area contributed by atoms with Crippen LogP contribution in [0.25, 0.3) is 0 Å². The number of benzene rings is 1. The fraction of sp³-hybridized carbons (Fsp3) is 0.222. The van der Waals surface area contributed by atoms with E-state index in [0.717, 1.165) is 0 Å². The smallest absolute Gasteiger partial charge is 0.338 e. The Morgan fingerprint density at radius 1 is 1.53 bits per heavy atom. The van der Waals surface area contributed by atoms with Crippen LogP contribution >= 0.6 is 22.6 Å². The first-order valence-corrected chi connectivity index (χ1v) is 5.08. The highest BCUT2D eigenvalue weighted by Crippen LogP contribution is 2.27. The molecular formula is C9H8INO4. The number of carbonyl (C=O) groups excluding carboxylic acids is 1. The minimum Gasteiger partial charge on any atom is -0.465 e. The van der Waals surface area contributed by atoms with Gasteiger partial charge in [-0.05, 0) is 41.6 Å². The van der Waals surface area contributed by atoms with Crippen molar-refractivity contribution in [1.82, 2.24) is 0 Å². The van der Waals surface area contributed by atoms with E-state index in [-0.39, 0.29) is 11.3 Å². The van der Waals surface area contributed by atoms with Gasteiger partial charge in [0.1, 0.15) is 0 Å². The lowest BCUT2D eigenvalue weighted by molar-refractivity contribution is -0.386. The maximum absolute atomic E-state index is 11.3. The summed E-state index contributed by atoms with van der Waals surface area (Å²) in [6.45, 7) is 1.53. The third-order valence-electron chi connectivity index (χ3n) is 1.97. The first-order valence-electron chi connectivity index (χ1n) is 4.00. The number of carbonyl (C=O) groups is 1. The van der Waals surface area contributed by atoms with Crippen LogP contribution in [0.1, 0.15) is 15.9 Å². The minimum absolute atomic E-state index is 0.0431. The second-order valence-electron chi connectivity index (χ2n) is 2.82. The number of hydrogen-bond donors (Lipinski definition) is 0. The largest absolute Gasteiger partial charge is 0.465 e. The van der Waals surface area contributed by atoms with Crippen molar-refractivity contribution in [3.8, 4) is 0 Å². The molecule has 0 N–H and O–H groups in total. The lowest BCUT2D eigenvalue weighted by Gasteiger charge is -2.05. The highest BCUT2D eigenvalue weighted by molar-refractivity contribution is 14.1. The summed E-state index contributed by atoms with van der Waals surface area (Å²) >= 11 is 1.86. The van der Waals surface area contributed by atoms with Gasteiger partial charge in [-0.25, -0.2) is 4.79 Å². The predicted octanol–water partition coefficient (Wildman–Crippen LogP) is 2.29. The van der Waals surface area contributed by atoms with Gasteiger partial charge in [-0.3, -0.25) is 10.1 Å². The number of halogens is 1. The maximum atomic E-state index is 11.3. The van der Waals surface area contributed by atoms with E-state index in [9.17, 15) is 14.9 Å². The molecular weight excluding hydrogens is 313 g/mol. The summed E-state index contributed by atoms with van der Waals surface area (Å²) in [7, 11) is 1.24. The van der Waals surface area contributed by atoms with Gasteiger partial charge < -0.3 is 4.74 Å². The molecule has 0 bridgehead atoms. The number of rotatable bonds is 2. The third kappa shape index (κ3) is 2.25. The summed E-state index contributed by atoms with van der Waals surface area (Å²) in [6.07, 6.45) is 0. The number of hydrogen-bond acceptors (Lipinski definition) is 4. The summed E-state index contributed by atoms with van der Waals surface area (Å²) in [4.78, 5) is 21.5. The SMILES string of the molecule is COC(=O)c1ccc(I)c([N+](=O)[O-])c1C. The van der Waals surface area contributed by atoms with E-state index in [0.29, 0.717) is 9.13 Å². The first-order chi connectivity index (χ1) is 6.99. The molecule has 5 nitrogen and oxygen atoms in total. The van der Waals surface area contributed by atoms with Crippen LogP contribution in [0.4, 0.5) is 5.69 Å². The highest BCUT2D eigenvalue weighted by Gasteiger charge is 2.21. The first kappa shape index (κ1) is 11.9. The van der Waals surface area contributed by atoms with Crippen LogP contribution in [-0.2, 0) is 4.74 Å². The van der Waals surface area contributed by atoms with Crippen molar-refractivity contribution in [3.63, 3.8) is 0 Å². The molecule has 0 saturated carbocycles. The average Bonchev–Trinajstić information content (AvgIpc) is 2.16. The average molecular weight is 321 g/mol. The van der Waals surface area contributed by atoms with Crippen LogP contribution in [0.2, 0.25) is 0 Å². The Kier molecular flexibility index (Phi) is 3.61. The minimum atomic E-state index is -0.563. The Morgan fingerprint density at radius 2 is 2.13 bits per heavy atom. The van der Waals surface area contributed by atoms with Crippen LogP contribution < -0.4 is 0 Å². The lowest BCUT2D eigenvalue weighted by atomic mass is 10.1. The normalized spacial score (nSPS) is 9.80. The molecule has 0 fully saturated rings. The number of ether oxygens (including phenoxy) is 1. The summed E-state index contributed by atoms with van der Waals surface area (Å²) in [5.41, 5.74) is 0.516. The zero-order valence-electron chi connectivity index (χ0n) is 8.11. The number of nitrogens with zero attached hydrogens (tertiary/aromatic N) is 1. The molecule has 1 aromatic carbocycles. The summed E-state index contributed by atoms with van der Waals surface area (Å²) in [5, 5.41) is 10.8. The van der Waals surface area contributed by atoms with E-state index in [1.165, 1.54) is 26.2 Å². The van der Waals surface area contributed by atoms with Crippen molar-refractivity contribution in [2.45, 2.75) is 6.92 Å². The molecule has 0 unspecified atom stereocenters. The zero-order valence-corrected chi connectivity index (χ0v) is 10.3. The van der Waals surface area contributed by atoms with Crippen LogP contribution in [0.3, 0.4) is 0 Å². The van der Waals surface area contributed by atoms with Crippen molar-refractivity contribution in [3.05, 3.63) is 36.9 Å². The van der Waals surface area contributed by atoms with Crippen LogP contribution in [-0.4, -0.2) is 18.0 Å². The molecule has 6 heteroatoms. The number of esters is 1. The van der Waals surface area contributed by atoms with Gasteiger partial charge in [0.15, 0.2) is 0 Å². The fourth-order valence-electron chi connectivity index (χ4n) is 1.22. The topological polar surface area (TPSA) is 69.4 Å². The summed E-state index contributed by atoms with van der Waals surface area (Å²) in [5.74, 6) is -0.563. The van der Waals surface area contributed by atoms with Crippen LogP contribution in [0.15, 0.2) is 12.1 Å². The Hall–Kier alpha value is -1.18. The lowest BCUT2D eigenvalue weighted by Crippen LogP contribution is -2.06. The van der Waals surface area contributed by atoms with Gasteiger partial charge in [0.05, 0.1) is 21.2 Å². The van der Waals surface area contributed by atoms with E-state index >= 15 is 0 Å². The molecule has 0 amide bonds. The summed E-state index contributed by atoms with van der Waals surface area (Å²) < 4.78 is 5.03. The van der Waals surface area contributed by atoms with E-state index in [1.807, 2.05) is 22.6 Å². The molecule has 0 radical (unpaired) electrons. The van der Waals surface area contributed by atoms with Gasteiger partial charge in [-0.1, -0.05) is 0 Å². The Bertz CT molecular complexity index is 430. The maximum Gasteiger partial charge on any atom is 0.338 e. The Balaban J connectivity index is 3.41. The zero-order chi connectivity index (χ0) is 11.6. The monoisotopic (exact) mass is 321 g/mol. The number of methoxy groups -OCH3 is 1. The predicted molar refractivity (Wildman–Crippen MR) is 61.9 cm³/mol. The molecule has 15 heavy (non-hydrogen) atoms. The van der Waals surface area contributed by atoms with Gasteiger partial charge in [0.2, 0.25) is 0 Å². The molecule has 1 rings (SSSR count). The van der Waals surface area contributed by atoms with Crippen molar-refractivity contribution in [2.24, 2.45) is 0 Å². The van der Waals surface area contributed by atoms with E-state index < -0.39 is 10.9 Å². The van der Waals surface area contributed by atoms with Crippen LogP contribution in [0.5, 0.6) is 0 Å². The second kappa shape index (κ2) is 4.56. The van der Waals surface area contributed by atoms with Gasteiger partial charge >= 0.3 is 5.97 Å². The number of nitro benzene ring substituents is 1. The van der Waals surface area contributed by atoms with E-state index in [4.69, 9.17) is 0 Å². The standard InChI is InChI=1S/C9H8INO4/c1-5-6(9(12)15-2)3-4-7(10)8(5)11(13)14/h3-4H,1-2H3. The second-order valence-corrected chi connectivity index (χ2v) is 3.98. The molecule has 0 atom stereocenters. The van der Waals surface area contributed by atoms with E-state index in [2.05, 4.69) is 4.74 Å². The molecule has 0 aliphatic heterocycles. The van der Waals surface area contributed by atoms with Crippen molar-refractivity contribution in [1.29, 1.82) is 0 Å². The Labute approximate surface area is 99.7 Å². The molecule has 0 spiro atoms. The third-order valence-corrected chi connectivity index (χ3v) is 2.84. The van der Waals surface area contributed by atoms with Gasteiger partial charge in [0.25, 0.3) is 5.69 Å². The van der Waals surface area contributed by atoms with Gasteiger partial charge in [0, 0.05) is 5.56 Å². The quantitative estimate of drug-likeness (QED) is 0.363. The highest BCUT2D eigenvalue weighted by atomic mass is 127. The molecule has 0 heterocycles. The fourth-order valence-corrected chi connectivity index (χ4v) is 2.00. The van der Waals surface area contributed by atoms with Crippen molar-refractivity contribution < 1.29 is 14.5 Å². The van der Waals surface area contributed by atoms with Crippen molar-refractivity contribution >= 4 is 34.2 Å². The summed E-state index contributed by atoms with van der Waals surface area (Å²) in [6, 6.07) is 3.05. The molecule has 1 aromatic rings. The van der Waals surface area contributed by atoms with Crippen molar-refractivity contribution in [2.75, 3.05) is 7.11 Å². The van der Waals surface area contributed by atoms with Gasteiger partial charge in [-0.2, -0.15) is 0 Å². The van der Waals surface area contributed by atoms with E-state index in [1.54, 1.807) is 0 Å². The number of nitro groups is 1. The molecule has 0 saturated heterocycles. The molecule has 0 aliphatic rings. The Morgan fingerprint density at radius 3 is 2.60 bits per heavy atom. The molecule has 80 valence electrons. The van der Waals surface area contributed by atoms with Crippen LogP contribution in [0, 0.1) is 20.6 Å².